The number of aromatic amines is 2. The molecule has 6 aromatic rings. The molecule has 6 heterocycles. The van der Waals surface area contributed by atoms with Gasteiger partial charge >= 0.3 is 0 Å². The summed E-state index contributed by atoms with van der Waals surface area (Å²) in [6, 6.07) is 24.9. The van der Waals surface area contributed by atoms with E-state index in [2.05, 4.69) is 32.7 Å². The van der Waals surface area contributed by atoms with E-state index in [9.17, 15) is 19.2 Å². The standard InChI is InChI=1S/C52H56N10O6/c1-59(2)27-43(63)57-47(31-13-7-5-8-14-31)51(65)61-19-11-17-39(61)49-53-25-37(55-49)33-21-35-29-68-42-24-34(22-36-30-67-41(23-33)45(35)46(36)42)38-26-54-50(56-38)40-18-12-20-62(40)52(66)48(32-15-9-6-10-16-32)58-44(64)28-60(3)4/h5-10,13-16,21-26,39-40,47-48H,11-12,17-20,27-30H2,1-4H3,(H,53,55)(H,54,56)(H,57,63)(H,58,64)/t39-,40-,47+,48+/m0/s1. The predicted octanol–water partition coefficient (Wildman–Crippen LogP) is 6.08. The zero-order valence-corrected chi connectivity index (χ0v) is 38.8. The van der Waals surface area contributed by atoms with E-state index in [1.54, 1.807) is 9.80 Å². The van der Waals surface area contributed by atoms with Crippen molar-refractivity contribution < 1.29 is 28.7 Å². The molecule has 16 nitrogen and oxygen atoms in total. The number of likely N-dealkylation sites (N-methyl/N-ethyl adjacent to an activating group) is 2. The second kappa shape index (κ2) is 18.8. The highest BCUT2D eigenvalue weighted by molar-refractivity contribution is 5.91. The molecule has 4 aromatic carbocycles. The number of aromatic nitrogens is 4. The third kappa shape index (κ3) is 8.84. The Labute approximate surface area is 395 Å². The topological polar surface area (TPSA) is 181 Å². The summed E-state index contributed by atoms with van der Waals surface area (Å²) in [7, 11) is 7.29. The second-order valence-corrected chi connectivity index (χ2v) is 18.6. The van der Waals surface area contributed by atoms with Crippen LogP contribution in [0.5, 0.6) is 11.5 Å². The first-order valence-electron chi connectivity index (χ1n) is 23.3. The van der Waals surface area contributed by atoms with Gasteiger partial charge in [-0.05, 0) is 89.3 Å². The summed E-state index contributed by atoms with van der Waals surface area (Å²) in [5, 5.41) is 5.97. The lowest BCUT2D eigenvalue weighted by Crippen LogP contribution is -2.45. The van der Waals surface area contributed by atoms with Crippen LogP contribution in [0.3, 0.4) is 0 Å². The summed E-state index contributed by atoms with van der Waals surface area (Å²) in [5.74, 6) is 2.13. The fraction of sp³-hybridized carbons (Fsp3) is 0.346. The van der Waals surface area contributed by atoms with Crippen molar-refractivity contribution in [3.8, 4) is 45.1 Å². The minimum atomic E-state index is -0.820. The second-order valence-electron chi connectivity index (χ2n) is 18.6. The first-order valence-corrected chi connectivity index (χ1v) is 23.3. The van der Waals surface area contributed by atoms with Gasteiger partial charge in [-0.15, -0.1) is 0 Å². The van der Waals surface area contributed by atoms with E-state index in [1.807, 2.05) is 123 Å². The van der Waals surface area contributed by atoms with Crippen LogP contribution in [0, 0.1) is 0 Å². The van der Waals surface area contributed by atoms with E-state index in [0.29, 0.717) is 38.0 Å². The monoisotopic (exact) mass is 916 g/mol. The van der Waals surface area contributed by atoms with Crippen LogP contribution in [0.15, 0.2) is 97.3 Å². The van der Waals surface area contributed by atoms with Crippen LogP contribution in [0.25, 0.3) is 33.6 Å². The molecular weight excluding hydrogens is 861 g/mol. The largest absolute Gasteiger partial charge is 0.488 e. The van der Waals surface area contributed by atoms with E-state index in [0.717, 1.165) is 93.1 Å². The van der Waals surface area contributed by atoms with Crippen molar-refractivity contribution >= 4 is 23.6 Å². The first kappa shape index (κ1) is 44.5. The smallest absolute Gasteiger partial charge is 0.250 e. The van der Waals surface area contributed by atoms with E-state index in [-0.39, 0.29) is 48.8 Å². The summed E-state index contributed by atoms with van der Waals surface area (Å²) < 4.78 is 13.0. The zero-order valence-electron chi connectivity index (χ0n) is 38.8. The molecule has 2 saturated heterocycles. The Morgan fingerprint density at radius 2 is 1.04 bits per heavy atom. The SMILES string of the molecule is CN(C)CC(=O)N[C@@H](C(=O)N1CCC[C@H]1c1ncc(-c2cc3c4c(c2)OCc2cc(-c5cnc([C@@H]6CCCN6C(=O)[C@H](NC(=O)CN(C)C)c6ccccc6)[nH]5)cc(c2-4)OC3)[nH]1)c1ccccc1. The molecule has 0 bridgehead atoms. The summed E-state index contributed by atoms with van der Waals surface area (Å²) in [6.07, 6.45) is 6.73. The van der Waals surface area contributed by atoms with E-state index in [4.69, 9.17) is 19.4 Å². The number of ether oxygens (including phenoxy) is 2. The highest BCUT2D eigenvalue weighted by Crippen LogP contribution is 2.51. The molecule has 2 fully saturated rings. The molecule has 10 rings (SSSR count). The molecule has 68 heavy (non-hydrogen) atoms. The summed E-state index contributed by atoms with van der Waals surface area (Å²) in [4.78, 5) is 78.4. The van der Waals surface area contributed by atoms with Crippen LogP contribution in [-0.4, -0.2) is 118 Å². The maximum Gasteiger partial charge on any atom is 0.250 e. The molecule has 0 aliphatic carbocycles. The lowest BCUT2D eigenvalue weighted by atomic mass is 9.87. The fourth-order valence-corrected chi connectivity index (χ4v) is 10.1. The van der Waals surface area contributed by atoms with Crippen molar-refractivity contribution in [1.82, 2.24) is 50.2 Å². The quantitative estimate of drug-likeness (QED) is 0.100. The van der Waals surface area contributed by atoms with Crippen LogP contribution in [0.4, 0.5) is 0 Å². The van der Waals surface area contributed by atoms with E-state index >= 15 is 0 Å². The number of nitrogens with one attached hydrogen (secondary N) is 4. The van der Waals surface area contributed by atoms with Gasteiger partial charge in [0.15, 0.2) is 0 Å². The minimum absolute atomic E-state index is 0.165. The number of nitrogens with zero attached hydrogens (tertiary/aromatic N) is 6. The average Bonchev–Trinajstić information content (AvgIpc) is 4.19. The van der Waals surface area contributed by atoms with Gasteiger partial charge in [0.25, 0.3) is 0 Å². The Kier molecular flexibility index (Phi) is 12.3. The third-order valence-electron chi connectivity index (χ3n) is 13.2. The third-order valence-corrected chi connectivity index (χ3v) is 13.2. The van der Waals surface area contributed by atoms with Crippen molar-refractivity contribution in [2.75, 3.05) is 54.4 Å². The number of carbonyl (C=O) groups is 4. The van der Waals surface area contributed by atoms with E-state index < -0.39 is 12.1 Å². The predicted molar refractivity (Wildman–Crippen MR) is 255 cm³/mol. The highest BCUT2D eigenvalue weighted by Gasteiger charge is 2.39. The molecule has 0 spiro atoms. The van der Waals surface area contributed by atoms with Gasteiger partial charge in [0.05, 0.1) is 49.0 Å². The maximum absolute atomic E-state index is 14.3. The number of likely N-dealkylation sites (tertiary alicyclic amines) is 2. The van der Waals surface area contributed by atoms with Crippen LogP contribution >= 0.6 is 0 Å². The number of carbonyl (C=O) groups excluding carboxylic acids is 4. The molecule has 0 radical (unpaired) electrons. The van der Waals surface area contributed by atoms with Gasteiger partial charge < -0.3 is 49.7 Å². The van der Waals surface area contributed by atoms with Crippen molar-refractivity contribution in [3.05, 3.63) is 131 Å². The lowest BCUT2D eigenvalue weighted by Gasteiger charge is -2.30. The number of H-pyrrole nitrogens is 2. The molecule has 16 heteroatoms. The molecule has 0 unspecified atom stereocenters. The number of hydrogen-bond acceptors (Lipinski definition) is 10. The molecule has 4 N–H and O–H groups in total. The molecule has 0 saturated carbocycles. The Hall–Kier alpha value is -7.30. The van der Waals surface area contributed by atoms with Crippen LogP contribution in [0.2, 0.25) is 0 Å². The number of hydrogen-bond donors (Lipinski definition) is 4. The van der Waals surface area contributed by atoms with Crippen LogP contribution in [0.1, 0.15) is 83.8 Å². The average molecular weight is 917 g/mol. The van der Waals surface area contributed by atoms with Gasteiger partial charge in [-0.1, -0.05) is 60.7 Å². The van der Waals surface area contributed by atoms with Crippen molar-refractivity contribution in [2.45, 2.75) is 63.1 Å². The van der Waals surface area contributed by atoms with Gasteiger partial charge in [0.2, 0.25) is 23.6 Å². The Balaban J connectivity index is 0.867. The van der Waals surface area contributed by atoms with Crippen LogP contribution < -0.4 is 20.1 Å². The van der Waals surface area contributed by atoms with Gasteiger partial charge in [-0.2, -0.15) is 0 Å². The minimum Gasteiger partial charge on any atom is -0.488 e. The van der Waals surface area contributed by atoms with E-state index in [1.165, 1.54) is 0 Å². The molecule has 4 aliphatic rings. The fourth-order valence-electron chi connectivity index (χ4n) is 10.1. The number of benzene rings is 4. The Morgan fingerprint density at radius 3 is 1.44 bits per heavy atom. The summed E-state index contributed by atoms with van der Waals surface area (Å²) in [5.41, 5.74) is 8.87. The van der Waals surface area contributed by atoms with Crippen molar-refractivity contribution in [1.29, 1.82) is 0 Å². The molecule has 2 aromatic heterocycles. The summed E-state index contributed by atoms with van der Waals surface area (Å²) in [6.45, 7) is 2.13. The number of imidazole rings is 2. The van der Waals surface area contributed by atoms with Gasteiger partial charge in [0.1, 0.15) is 48.4 Å². The van der Waals surface area contributed by atoms with Crippen molar-refractivity contribution in [2.24, 2.45) is 0 Å². The molecule has 4 atom stereocenters. The Morgan fingerprint density at radius 1 is 0.632 bits per heavy atom. The highest BCUT2D eigenvalue weighted by atomic mass is 16.5. The van der Waals surface area contributed by atoms with Gasteiger partial charge in [-0.3, -0.25) is 19.2 Å². The first-order chi connectivity index (χ1) is 33.0. The number of rotatable bonds is 14. The molecule has 4 amide bonds. The number of amides is 4. The van der Waals surface area contributed by atoms with Crippen molar-refractivity contribution in [3.63, 3.8) is 0 Å². The maximum atomic E-state index is 14.3. The van der Waals surface area contributed by atoms with Gasteiger partial charge in [-0.25, -0.2) is 9.97 Å². The normalized spacial score (nSPS) is 17.9. The molecular formula is C52H56N10O6. The molecule has 4 aliphatic heterocycles. The zero-order chi connectivity index (χ0) is 47.1. The Bertz CT molecular complexity index is 2620. The lowest BCUT2D eigenvalue weighted by molar-refractivity contribution is -0.138. The van der Waals surface area contributed by atoms with Gasteiger partial charge in [0, 0.05) is 46.5 Å². The molecule has 350 valence electrons. The summed E-state index contributed by atoms with van der Waals surface area (Å²) >= 11 is 0. The van der Waals surface area contributed by atoms with Crippen LogP contribution in [-0.2, 0) is 32.4 Å².